The van der Waals surface area contributed by atoms with E-state index in [0.29, 0.717) is 6.61 Å². The summed E-state index contributed by atoms with van der Waals surface area (Å²) in [5, 5.41) is 0. The number of ether oxygens (including phenoxy) is 4. The van der Waals surface area contributed by atoms with Gasteiger partial charge in [0.2, 0.25) is 0 Å². The maximum Gasteiger partial charge on any atom is 0.335 e. The minimum atomic E-state index is -1.00. The Hall–Kier alpha value is -1.14. The summed E-state index contributed by atoms with van der Waals surface area (Å²) in [6.07, 6.45) is -1.78. The lowest BCUT2D eigenvalue weighted by atomic mass is 10.2. The van der Waals surface area contributed by atoms with Gasteiger partial charge in [-0.2, -0.15) is 0 Å². The molecule has 0 fully saturated rings. The third-order valence-electron chi connectivity index (χ3n) is 1.80. The maximum absolute atomic E-state index is 11.3. The number of methoxy groups -OCH3 is 2. The fourth-order valence-electron chi connectivity index (χ4n) is 1.06. The van der Waals surface area contributed by atoms with Crippen LogP contribution in [0.4, 0.5) is 0 Å². The summed E-state index contributed by atoms with van der Waals surface area (Å²) < 4.78 is 19.3. The second-order valence-electron chi connectivity index (χ2n) is 2.95. The first kappa shape index (κ1) is 14.9. The molecule has 1 unspecified atom stereocenters. The van der Waals surface area contributed by atoms with Gasteiger partial charge in [-0.1, -0.05) is 0 Å². The molecule has 6 nitrogen and oxygen atoms in total. The largest absolute Gasteiger partial charge is 0.469 e. The van der Waals surface area contributed by atoms with E-state index in [9.17, 15) is 9.59 Å². The van der Waals surface area contributed by atoms with Gasteiger partial charge in [-0.3, -0.25) is 4.79 Å². The summed E-state index contributed by atoms with van der Waals surface area (Å²) in [6, 6.07) is 0. The Labute approximate surface area is 94.8 Å². The molecular weight excluding hydrogens is 216 g/mol. The molecule has 0 rings (SSSR count). The summed E-state index contributed by atoms with van der Waals surface area (Å²) in [4.78, 5) is 22.3. The van der Waals surface area contributed by atoms with Crippen molar-refractivity contribution in [2.24, 2.45) is 0 Å². The number of hydrogen-bond donors (Lipinski definition) is 0. The number of esters is 2. The van der Waals surface area contributed by atoms with Gasteiger partial charge in [-0.15, -0.1) is 0 Å². The zero-order valence-corrected chi connectivity index (χ0v) is 10.0. The Balaban J connectivity index is 4.31. The van der Waals surface area contributed by atoms with Gasteiger partial charge < -0.3 is 18.9 Å². The molecule has 0 saturated heterocycles. The van der Waals surface area contributed by atoms with Gasteiger partial charge in [-0.25, -0.2) is 4.79 Å². The van der Waals surface area contributed by atoms with Crippen LogP contribution < -0.4 is 0 Å². The highest BCUT2D eigenvalue weighted by atomic mass is 16.7. The molecule has 0 N–H and O–H groups in total. The van der Waals surface area contributed by atoms with E-state index >= 15 is 0 Å². The lowest BCUT2D eigenvalue weighted by Gasteiger charge is -2.19. The van der Waals surface area contributed by atoms with E-state index in [1.54, 1.807) is 13.8 Å². The zero-order chi connectivity index (χ0) is 12.6. The summed E-state index contributed by atoms with van der Waals surface area (Å²) in [5.41, 5.74) is 0. The molecule has 0 aromatic rings. The molecular formula is C10H18O6. The average Bonchev–Trinajstić information content (AvgIpc) is 2.27. The smallest absolute Gasteiger partial charge is 0.335 e. The number of carbonyl (C=O) groups is 2. The molecule has 0 aromatic carbocycles. The molecule has 0 aliphatic heterocycles. The lowest BCUT2D eigenvalue weighted by molar-refractivity contribution is -0.189. The summed E-state index contributed by atoms with van der Waals surface area (Å²) in [7, 11) is 2.46. The Morgan fingerprint density at radius 2 is 1.81 bits per heavy atom. The molecule has 0 aliphatic rings. The minimum Gasteiger partial charge on any atom is -0.469 e. The van der Waals surface area contributed by atoms with Crippen LogP contribution in [0.2, 0.25) is 0 Å². The zero-order valence-electron chi connectivity index (χ0n) is 10.0. The Bertz CT molecular complexity index is 227. The van der Waals surface area contributed by atoms with Crippen molar-refractivity contribution in [3.05, 3.63) is 0 Å². The maximum atomic E-state index is 11.3. The van der Waals surface area contributed by atoms with Crippen LogP contribution in [0.3, 0.4) is 0 Å². The number of rotatable bonds is 7. The van der Waals surface area contributed by atoms with Crippen LogP contribution in [-0.4, -0.2) is 45.2 Å². The summed E-state index contributed by atoms with van der Waals surface area (Å²) in [6.45, 7) is 3.89. The topological polar surface area (TPSA) is 71.1 Å². The molecule has 0 spiro atoms. The van der Waals surface area contributed by atoms with Crippen LogP contribution in [0.1, 0.15) is 20.3 Å². The molecule has 0 bridgehead atoms. The Kier molecular flexibility index (Phi) is 7.49. The highest BCUT2D eigenvalue weighted by Gasteiger charge is 2.26. The fourth-order valence-corrected chi connectivity index (χ4v) is 1.06. The highest BCUT2D eigenvalue weighted by Crippen LogP contribution is 2.07. The first-order valence-electron chi connectivity index (χ1n) is 4.96. The van der Waals surface area contributed by atoms with E-state index in [1.165, 1.54) is 14.2 Å². The quantitative estimate of drug-likeness (QED) is 0.471. The summed E-state index contributed by atoms with van der Waals surface area (Å²) >= 11 is 0. The molecule has 0 aliphatic carbocycles. The average molecular weight is 234 g/mol. The van der Waals surface area contributed by atoms with Crippen LogP contribution in [0.5, 0.6) is 0 Å². The summed E-state index contributed by atoms with van der Waals surface area (Å²) in [5.74, 6) is -1.17. The predicted octanol–water partition coefficient (Wildman–Crippen LogP) is 0.490. The highest BCUT2D eigenvalue weighted by molar-refractivity contribution is 5.81. The predicted molar refractivity (Wildman–Crippen MR) is 54.6 cm³/mol. The van der Waals surface area contributed by atoms with Crippen molar-refractivity contribution in [3.63, 3.8) is 0 Å². The van der Waals surface area contributed by atoms with Crippen LogP contribution in [0, 0.1) is 0 Å². The van der Waals surface area contributed by atoms with Gasteiger partial charge >= 0.3 is 11.9 Å². The van der Waals surface area contributed by atoms with Crippen molar-refractivity contribution in [2.75, 3.05) is 20.8 Å². The van der Waals surface area contributed by atoms with Gasteiger partial charge in [0.05, 0.1) is 20.6 Å². The molecule has 0 radical (unpaired) electrons. The fraction of sp³-hybridized carbons (Fsp3) is 0.800. The van der Waals surface area contributed by atoms with E-state index in [1.807, 2.05) is 0 Å². The second-order valence-corrected chi connectivity index (χ2v) is 2.95. The van der Waals surface area contributed by atoms with Crippen LogP contribution in [-0.2, 0) is 28.5 Å². The van der Waals surface area contributed by atoms with Crippen LogP contribution in [0.25, 0.3) is 0 Å². The second kappa shape index (κ2) is 8.06. The van der Waals surface area contributed by atoms with E-state index in [0.717, 1.165) is 0 Å². The van der Waals surface area contributed by atoms with E-state index in [2.05, 4.69) is 9.47 Å². The van der Waals surface area contributed by atoms with Gasteiger partial charge in [0.25, 0.3) is 0 Å². The number of carbonyl (C=O) groups excluding carboxylic acids is 2. The van der Waals surface area contributed by atoms with Crippen molar-refractivity contribution < 1.29 is 28.5 Å². The molecule has 16 heavy (non-hydrogen) atoms. The molecule has 0 aromatic heterocycles. The monoisotopic (exact) mass is 234 g/mol. The lowest BCUT2D eigenvalue weighted by Crippen LogP contribution is -2.33. The molecule has 0 heterocycles. The van der Waals surface area contributed by atoms with Crippen molar-refractivity contribution >= 4 is 11.9 Å². The molecule has 6 heteroatoms. The molecule has 2 atom stereocenters. The van der Waals surface area contributed by atoms with Crippen molar-refractivity contribution in [1.82, 2.24) is 0 Å². The normalized spacial score (nSPS) is 14.0. The van der Waals surface area contributed by atoms with Gasteiger partial charge in [0, 0.05) is 6.61 Å². The van der Waals surface area contributed by atoms with Crippen molar-refractivity contribution in [3.8, 4) is 0 Å². The van der Waals surface area contributed by atoms with Crippen molar-refractivity contribution in [2.45, 2.75) is 32.7 Å². The third kappa shape index (κ3) is 5.67. The van der Waals surface area contributed by atoms with E-state index in [-0.39, 0.29) is 6.42 Å². The first-order valence-corrected chi connectivity index (χ1v) is 4.96. The van der Waals surface area contributed by atoms with Gasteiger partial charge in [0.1, 0.15) is 0 Å². The minimum absolute atomic E-state index is 0.194. The van der Waals surface area contributed by atoms with E-state index in [4.69, 9.17) is 9.47 Å². The SMILES string of the molecule is CCOC(C)O[C@@H](CC(=O)OC)C(=O)OC. The van der Waals surface area contributed by atoms with Gasteiger partial charge in [-0.05, 0) is 13.8 Å². The van der Waals surface area contributed by atoms with Crippen LogP contribution >= 0.6 is 0 Å². The molecule has 0 saturated carbocycles. The first-order chi connectivity index (χ1) is 7.54. The number of hydrogen-bond acceptors (Lipinski definition) is 6. The molecule has 94 valence electrons. The third-order valence-corrected chi connectivity index (χ3v) is 1.80. The van der Waals surface area contributed by atoms with Gasteiger partial charge in [0.15, 0.2) is 12.4 Å². The standard InChI is InChI=1S/C10H18O6/c1-5-15-7(2)16-8(10(12)14-4)6-9(11)13-3/h7-8H,5-6H2,1-4H3/t7?,8-/m0/s1. The Morgan fingerprint density at radius 1 is 1.19 bits per heavy atom. The van der Waals surface area contributed by atoms with E-state index < -0.39 is 24.3 Å². The van der Waals surface area contributed by atoms with Crippen LogP contribution in [0.15, 0.2) is 0 Å². The Morgan fingerprint density at radius 3 is 2.25 bits per heavy atom. The molecule has 0 amide bonds. The van der Waals surface area contributed by atoms with Crippen molar-refractivity contribution in [1.29, 1.82) is 0 Å².